The van der Waals surface area contributed by atoms with Crippen LogP contribution in [-0.4, -0.2) is 6.10 Å². The maximum atomic E-state index is 12.8. The topological polar surface area (TPSA) is 9.23 Å². The normalized spacial score (nSPS) is 10.4. The third-order valence-corrected chi connectivity index (χ3v) is 1.26. The zero-order valence-corrected chi connectivity index (χ0v) is 6.97. The van der Waals surface area contributed by atoms with Gasteiger partial charge in [-0.2, -0.15) is 0 Å². The van der Waals surface area contributed by atoms with E-state index < -0.39 is 11.6 Å². The molecule has 3 heteroatoms. The summed E-state index contributed by atoms with van der Waals surface area (Å²) in [5, 5.41) is 0. The fourth-order valence-electron chi connectivity index (χ4n) is 0.825. The maximum absolute atomic E-state index is 12.8. The van der Waals surface area contributed by atoms with Crippen LogP contribution in [0, 0.1) is 11.6 Å². The Morgan fingerprint density at radius 3 is 2.42 bits per heavy atom. The van der Waals surface area contributed by atoms with Gasteiger partial charge in [-0.3, -0.25) is 0 Å². The molecular formula is C9H10F2O. The van der Waals surface area contributed by atoms with Crippen molar-refractivity contribution in [3.63, 3.8) is 0 Å². The van der Waals surface area contributed by atoms with Crippen molar-refractivity contribution < 1.29 is 13.5 Å². The Hall–Kier alpha value is -1.12. The van der Waals surface area contributed by atoms with Gasteiger partial charge < -0.3 is 4.74 Å². The van der Waals surface area contributed by atoms with Crippen LogP contribution in [0.3, 0.4) is 0 Å². The minimum atomic E-state index is -0.663. The lowest BCUT2D eigenvalue weighted by Crippen LogP contribution is -2.06. The van der Waals surface area contributed by atoms with Crippen LogP contribution in [0.5, 0.6) is 5.75 Å². The zero-order chi connectivity index (χ0) is 9.14. The number of rotatable bonds is 2. The predicted molar refractivity (Wildman–Crippen MR) is 42.1 cm³/mol. The Bertz CT molecular complexity index is 271. The van der Waals surface area contributed by atoms with Gasteiger partial charge in [-0.1, -0.05) is 0 Å². The van der Waals surface area contributed by atoms with Crippen LogP contribution >= 0.6 is 0 Å². The molecule has 1 aromatic rings. The molecule has 1 rings (SSSR count). The van der Waals surface area contributed by atoms with Gasteiger partial charge in [0.25, 0.3) is 0 Å². The fraction of sp³-hybridized carbons (Fsp3) is 0.333. The molecule has 0 aliphatic heterocycles. The smallest absolute Gasteiger partial charge is 0.167 e. The average Bonchev–Trinajstić information content (AvgIpc) is 1.94. The first kappa shape index (κ1) is 8.97. The van der Waals surface area contributed by atoms with Gasteiger partial charge in [0.05, 0.1) is 6.10 Å². The highest BCUT2D eigenvalue weighted by molar-refractivity contribution is 5.24. The summed E-state index contributed by atoms with van der Waals surface area (Å²) in [5.74, 6) is -1.17. The molecule has 0 atom stereocenters. The van der Waals surface area contributed by atoms with Gasteiger partial charge in [-0.05, 0) is 26.0 Å². The fourth-order valence-corrected chi connectivity index (χ4v) is 0.825. The van der Waals surface area contributed by atoms with E-state index >= 15 is 0 Å². The molecule has 0 radical (unpaired) electrons. The molecule has 0 spiro atoms. The lowest BCUT2D eigenvalue weighted by atomic mass is 10.3. The Labute approximate surface area is 70.0 Å². The summed E-state index contributed by atoms with van der Waals surface area (Å²) in [6, 6.07) is 3.25. The number of hydrogen-bond donors (Lipinski definition) is 0. The Balaban J connectivity index is 2.86. The van der Waals surface area contributed by atoms with E-state index in [4.69, 9.17) is 4.74 Å². The molecule has 1 aromatic carbocycles. The SMILES string of the molecule is CC(C)Oc1ccc(F)cc1F. The minimum Gasteiger partial charge on any atom is -0.488 e. The molecule has 0 aliphatic carbocycles. The Morgan fingerprint density at radius 1 is 1.25 bits per heavy atom. The standard InChI is InChI=1S/C9H10F2O/c1-6(2)12-9-4-3-7(10)5-8(9)11/h3-6H,1-2H3. The van der Waals surface area contributed by atoms with Gasteiger partial charge >= 0.3 is 0 Å². The molecule has 0 aliphatic rings. The van der Waals surface area contributed by atoms with Crippen molar-refractivity contribution in [3.05, 3.63) is 29.8 Å². The molecule has 1 nitrogen and oxygen atoms in total. The van der Waals surface area contributed by atoms with E-state index in [1.165, 1.54) is 12.1 Å². The predicted octanol–water partition coefficient (Wildman–Crippen LogP) is 2.75. The molecular weight excluding hydrogens is 162 g/mol. The molecule has 0 fully saturated rings. The number of hydrogen-bond acceptors (Lipinski definition) is 1. The summed E-state index contributed by atoms with van der Waals surface area (Å²) in [5.41, 5.74) is 0. The number of halogens is 2. The Kier molecular flexibility index (Phi) is 2.63. The van der Waals surface area contributed by atoms with Crippen molar-refractivity contribution in [2.75, 3.05) is 0 Å². The zero-order valence-electron chi connectivity index (χ0n) is 6.97. The highest BCUT2D eigenvalue weighted by atomic mass is 19.1. The van der Waals surface area contributed by atoms with Crippen molar-refractivity contribution in [3.8, 4) is 5.75 Å². The first-order valence-electron chi connectivity index (χ1n) is 3.71. The van der Waals surface area contributed by atoms with Crippen molar-refractivity contribution in [2.24, 2.45) is 0 Å². The molecule has 66 valence electrons. The van der Waals surface area contributed by atoms with Crippen molar-refractivity contribution in [2.45, 2.75) is 20.0 Å². The van der Waals surface area contributed by atoms with E-state index in [1.807, 2.05) is 0 Å². The summed E-state index contributed by atoms with van der Waals surface area (Å²) in [6.45, 7) is 3.56. The van der Waals surface area contributed by atoms with Gasteiger partial charge in [0.1, 0.15) is 5.82 Å². The second-order valence-electron chi connectivity index (χ2n) is 2.74. The minimum absolute atomic E-state index is 0.0893. The van der Waals surface area contributed by atoms with Gasteiger partial charge in [0, 0.05) is 6.07 Å². The molecule has 0 amide bonds. The van der Waals surface area contributed by atoms with Gasteiger partial charge in [-0.15, -0.1) is 0 Å². The quantitative estimate of drug-likeness (QED) is 0.666. The molecule has 0 heterocycles. The van der Waals surface area contributed by atoms with Crippen LogP contribution in [0.2, 0.25) is 0 Å². The van der Waals surface area contributed by atoms with Crippen LogP contribution in [-0.2, 0) is 0 Å². The summed E-state index contributed by atoms with van der Waals surface area (Å²) >= 11 is 0. The van der Waals surface area contributed by atoms with E-state index in [-0.39, 0.29) is 11.9 Å². The second kappa shape index (κ2) is 3.52. The van der Waals surface area contributed by atoms with Crippen molar-refractivity contribution in [1.29, 1.82) is 0 Å². The third-order valence-electron chi connectivity index (χ3n) is 1.26. The van der Waals surface area contributed by atoms with Crippen molar-refractivity contribution in [1.82, 2.24) is 0 Å². The molecule has 0 aromatic heterocycles. The van der Waals surface area contributed by atoms with Crippen LogP contribution in [0.25, 0.3) is 0 Å². The summed E-state index contributed by atoms with van der Waals surface area (Å²) < 4.78 is 30.3. The van der Waals surface area contributed by atoms with E-state index in [9.17, 15) is 8.78 Å². The van der Waals surface area contributed by atoms with Crippen LogP contribution in [0.4, 0.5) is 8.78 Å². The van der Waals surface area contributed by atoms with Crippen LogP contribution in [0.1, 0.15) is 13.8 Å². The first-order chi connectivity index (χ1) is 5.59. The van der Waals surface area contributed by atoms with E-state index in [2.05, 4.69) is 0 Å². The summed E-state index contributed by atoms with van der Waals surface area (Å²) in [4.78, 5) is 0. The van der Waals surface area contributed by atoms with Crippen LogP contribution in [0.15, 0.2) is 18.2 Å². The van der Waals surface area contributed by atoms with E-state index in [1.54, 1.807) is 13.8 Å². The largest absolute Gasteiger partial charge is 0.488 e. The molecule has 0 saturated carbocycles. The molecule has 0 unspecified atom stereocenters. The third kappa shape index (κ3) is 2.19. The van der Waals surface area contributed by atoms with Gasteiger partial charge in [0.2, 0.25) is 0 Å². The average molecular weight is 172 g/mol. The molecule has 0 bridgehead atoms. The lowest BCUT2D eigenvalue weighted by Gasteiger charge is -2.09. The van der Waals surface area contributed by atoms with Gasteiger partial charge in [-0.25, -0.2) is 8.78 Å². The monoisotopic (exact) mass is 172 g/mol. The summed E-state index contributed by atoms with van der Waals surface area (Å²) in [6.07, 6.45) is -0.107. The number of benzene rings is 1. The maximum Gasteiger partial charge on any atom is 0.167 e. The Morgan fingerprint density at radius 2 is 1.92 bits per heavy atom. The molecule has 0 saturated heterocycles. The first-order valence-corrected chi connectivity index (χ1v) is 3.71. The highest BCUT2D eigenvalue weighted by Crippen LogP contribution is 2.18. The second-order valence-corrected chi connectivity index (χ2v) is 2.74. The van der Waals surface area contributed by atoms with Gasteiger partial charge in [0.15, 0.2) is 11.6 Å². The van der Waals surface area contributed by atoms with Crippen molar-refractivity contribution >= 4 is 0 Å². The summed E-state index contributed by atoms with van der Waals surface area (Å²) in [7, 11) is 0. The lowest BCUT2D eigenvalue weighted by molar-refractivity contribution is 0.230. The van der Waals surface area contributed by atoms with E-state index in [0.29, 0.717) is 0 Å². The highest BCUT2D eigenvalue weighted by Gasteiger charge is 2.05. The molecule has 12 heavy (non-hydrogen) atoms. The molecule has 0 N–H and O–H groups in total. The number of ether oxygens (including phenoxy) is 1. The van der Waals surface area contributed by atoms with Crippen LogP contribution < -0.4 is 4.74 Å². The van der Waals surface area contributed by atoms with E-state index in [0.717, 1.165) is 6.07 Å².